The second-order valence-corrected chi connectivity index (χ2v) is 2.88. The van der Waals surface area contributed by atoms with E-state index >= 15 is 0 Å². The van der Waals surface area contributed by atoms with Crippen LogP contribution in [0.5, 0.6) is 0 Å². The molecule has 0 aliphatic heterocycles. The Morgan fingerprint density at radius 3 is 2.80 bits per heavy atom. The molecule has 0 aliphatic carbocycles. The Balaban J connectivity index is 3.34. The Labute approximate surface area is 71.1 Å². The summed E-state index contributed by atoms with van der Waals surface area (Å²) in [7, 11) is 0. The lowest BCUT2D eigenvalue weighted by Gasteiger charge is -1.98. The molecule has 10 heavy (non-hydrogen) atoms. The summed E-state index contributed by atoms with van der Waals surface area (Å²) in [5.74, 6) is -0.562. The monoisotopic (exact) mass is 222 g/mol. The van der Waals surface area contributed by atoms with Crippen LogP contribution in [0.2, 0.25) is 5.02 Å². The third kappa shape index (κ3) is 1.25. The smallest absolute Gasteiger partial charge is 0.162 e. The molecule has 0 spiro atoms. The minimum atomic E-state index is -0.562. The van der Waals surface area contributed by atoms with Crippen molar-refractivity contribution in [2.24, 2.45) is 0 Å². The molecule has 1 rings (SSSR count). The largest absolute Gasteiger partial charge is 0.396 e. The van der Waals surface area contributed by atoms with Gasteiger partial charge in [-0.1, -0.05) is 11.6 Å². The van der Waals surface area contributed by atoms with Crippen LogP contribution in [0.4, 0.5) is 10.1 Å². The second kappa shape index (κ2) is 2.76. The van der Waals surface area contributed by atoms with Gasteiger partial charge in [-0.05, 0) is 22.0 Å². The standard InChI is InChI=1S/C6H3BrClFN/c7-5-3(8)1-2-4(10)6(5)9/h1H,10H2. The van der Waals surface area contributed by atoms with Crippen molar-refractivity contribution in [3.8, 4) is 0 Å². The highest BCUT2D eigenvalue weighted by atomic mass is 79.9. The van der Waals surface area contributed by atoms with Crippen molar-refractivity contribution in [3.63, 3.8) is 0 Å². The average molecular weight is 223 g/mol. The minimum Gasteiger partial charge on any atom is -0.396 e. The molecular formula is C6H3BrClFN. The number of nitrogen functional groups attached to an aromatic ring is 1. The summed E-state index contributed by atoms with van der Waals surface area (Å²) in [6.07, 6.45) is 0. The number of hydrogen-bond acceptors (Lipinski definition) is 1. The van der Waals surface area contributed by atoms with E-state index in [2.05, 4.69) is 22.0 Å². The van der Waals surface area contributed by atoms with E-state index in [9.17, 15) is 4.39 Å². The van der Waals surface area contributed by atoms with Crippen LogP contribution in [0.15, 0.2) is 10.5 Å². The van der Waals surface area contributed by atoms with E-state index < -0.39 is 5.82 Å². The van der Waals surface area contributed by atoms with Gasteiger partial charge in [-0.25, -0.2) is 4.39 Å². The normalized spacial score (nSPS) is 9.90. The first kappa shape index (κ1) is 7.82. The fraction of sp³-hybridized carbons (Fsp3) is 0. The van der Waals surface area contributed by atoms with Gasteiger partial charge in [-0.3, -0.25) is 0 Å². The van der Waals surface area contributed by atoms with E-state index in [1.165, 1.54) is 6.07 Å². The lowest BCUT2D eigenvalue weighted by molar-refractivity contribution is 0.626. The van der Waals surface area contributed by atoms with Gasteiger partial charge in [0, 0.05) is 6.07 Å². The third-order valence-electron chi connectivity index (χ3n) is 0.993. The first-order chi connectivity index (χ1) is 4.63. The van der Waals surface area contributed by atoms with Crippen LogP contribution in [0.25, 0.3) is 0 Å². The van der Waals surface area contributed by atoms with Crippen LogP contribution in [-0.4, -0.2) is 0 Å². The van der Waals surface area contributed by atoms with Crippen molar-refractivity contribution in [3.05, 3.63) is 27.4 Å². The third-order valence-corrected chi connectivity index (χ3v) is 2.29. The highest BCUT2D eigenvalue weighted by Crippen LogP contribution is 2.27. The molecule has 2 N–H and O–H groups in total. The van der Waals surface area contributed by atoms with Crippen molar-refractivity contribution >= 4 is 33.2 Å². The van der Waals surface area contributed by atoms with Crippen molar-refractivity contribution in [1.82, 2.24) is 0 Å². The van der Waals surface area contributed by atoms with Crippen LogP contribution in [-0.2, 0) is 0 Å². The first-order valence-corrected chi connectivity index (χ1v) is 3.60. The van der Waals surface area contributed by atoms with E-state index in [0.717, 1.165) is 0 Å². The summed E-state index contributed by atoms with van der Waals surface area (Å²) in [5, 5.41) is 0.270. The SMILES string of the molecule is Nc1[c]cc(Cl)c(Br)c1F. The van der Waals surface area contributed by atoms with Gasteiger partial charge in [0.15, 0.2) is 5.82 Å². The average Bonchev–Trinajstić information content (AvgIpc) is 1.93. The van der Waals surface area contributed by atoms with Gasteiger partial charge >= 0.3 is 0 Å². The van der Waals surface area contributed by atoms with Crippen molar-refractivity contribution < 1.29 is 4.39 Å². The summed E-state index contributed by atoms with van der Waals surface area (Å²) >= 11 is 8.44. The molecule has 0 heterocycles. The zero-order valence-electron chi connectivity index (χ0n) is 4.79. The summed E-state index contributed by atoms with van der Waals surface area (Å²) in [5.41, 5.74) is 5.14. The highest BCUT2D eigenvalue weighted by molar-refractivity contribution is 9.10. The summed E-state index contributed by atoms with van der Waals surface area (Å²) in [6, 6.07) is 3.86. The van der Waals surface area contributed by atoms with Crippen LogP contribution in [0.1, 0.15) is 0 Å². The van der Waals surface area contributed by atoms with E-state index in [4.69, 9.17) is 17.3 Å². The van der Waals surface area contributed by atoms with E-state index in [1.54, 1.807) is 0 Å². The van der Waals surface area contributed by atoms with E-state index in [1.807, 2.05) is 0 Å². The first-order valence-electron chi connectivity index (χ1n) is 2.43. The van der Waals surface area contributed by atoms with E-state index in [0.29, 0.717) is 0 Å². The molecule has 0 saturated heterocycles. The molecule has 1 aromatic carbocycles. The molecule has 0 aliphatic rings. The van der Waals surface area contributed by atoms with Gasteiger partial charge in [-0.15, -0.1) is 0 Å². The van der Waals surface area contributed by atoms with Crippen LogP contribution in [0.3, 0.4) is 0 Å². The van der Waals surface area contributed by atoms with Crippen molar-refractivity contribution in [2.75, 3.05) is 5.73 Å². The Kier molecular flexibility index (Phi) is 2.16. The second-order valence-electron chi connectivity index (χ2n) is 1.68. The number of hydrogen-bond donors (Lipinski definition) is 1. The van der Waals surface area contributed by atoms with E-state index in [-0.39, 0.29) is 15.2 Å². The molecule has 53 valence electrons. The molecule has 0 atom stereocenters. The molecule has 1 aromatic rings. The van der Waals surface area contributed by atoms with Gasteiger partial charge in [-0.2, -0.15) is 0 Å². The predicted molar refractivity (Wildman–Crippen MR) is 42.4 cm³/mol. The molecule has 0 saturated carbocycles. The molecule has 0 fully saturated rings. The zero-order valence-corrected chi connectivity index (χ0v) is 7.13. The van der Waals surface area contributed by atoms with Crippen LogP contribution >= 0.6 is 27.5 Å². The predicted octanol–water partition coefficient (Wildman–Crippen LogP) is 2.62. The number of rotatable bonds is 0. The maximum absolute atomic E-state index is 12.7. The maximum atomic E-state index is 12.7. The number of anilines is 1. The van der Waals surface area contributed by atoms with Gasteiger partial charge < -0.3 is 5.73 Å². The fourth-order valence-corrected chi connectivity index (χ4v) is 0.956. The Morgan fingerprint density at radius 2 is 2.30 bits per heavy atom. The lowest BCUT2D eigenvalue weighted by atomic mass is 10.3. The molecule has 1 radical (unpaired) electrons. The molecule has 4 heteroatoms. The molecular weight excluding hydrogens is 220 g/mol. The Hall–Kier alpha value is -0.280. The fourth-order valence-electron chi connectivity index (χ4n) is 0.491. The van der Waals surface area contributed by atoms with Crippen molar-refractivity contribution in [1.29, 1.82) is 0 Å². The number of halogens is 3. The zero-order chi connectivity index (χ0) is 7.72. The Morgan fingerprint density at radius 1 is 1.70 bits per heavy atom. The topological polar surface area (TPSA) is 26.0 Å². The minimum absolute atomic E-state index is 0.0312. The number of nitrogens with two attached hydrogens (primary N) is 1. The quantitative estimate of drug-likeness (QED) is 0.531. The maximum Gasteiger partial charge on any atom is 0.162 e. The van der Waals surface area contributed by atoms with Gasteiger partial charge in [0.25, 0.3) is 0 Å². The molecule has 0 bridgehead atoms. The molecule has 0 amide bonds. The summed E-state index contributed by atoms with van der Waals surface area (Å²) < 4.78 is 12.9. The van der Waals surface area contributed by atoms with Crippen molar-refractivity contribution in [2.45, 2.75) is 0 Å². The lowest BCUT2D eigenvalue weighted by Crippen LogP contribution is -1.91. The van der Waals surface area contributed by atoms with Crippen LogP contribution < -0.4 is 5.73 Å². The number of benzene rings is 1. The summed E-state index contributed by atoms with van der Waals surface area (Å²) in [6.45, 7) is 0. The summed E-state index contributed by atoms with van der Waals surface area (Å²) in [4.78, 5) is 0. The van der Waals surface area contributed by atoms with Crippen LogP contribution in [0, 0.1) is 11.9 Å². The Bertz CT molecular complexity index is 237. The van der Waals surface area contributed by atoms with Gasteiger partial charge in [0.1, 0.15) is 0 Å². The van der Waals surface area contributed by atoms with Gasteiger partial charge in [0.05, 0.1) is 15.2 Å². The highest BCUT2D eigenvalue weighted by Gasteiger charge is 2.06. The molecule has 0 unspecified atom stereocenters. The van der Waals surface area contributed by atoms with Gasteiger partial charge in [0.2, 0.25) is 0 Å². The molecule has 0 aromatic heterocycles. The molecule has 1 nitrogen and oxygen atoms in total.